The van der Waals surface area contributed by atoms with Gasteiger partial charge in [0.05, 0.1) is 24.9 Å². The second kappa shape index (κ2) is 9.74. The van der Waals surface area contributed by atoms with E-state index in [-0.39, 0.29) is 18.6 Å². The third-order valence-corrected chi connectivity index (χ3v) is 4.63. The molecule has 1 atom stereocenters. The molecule has 2 rings (SSSR count). The molecule has 0 spiro atoms. The van der Waals surface area contributed by atoms with Crippen LogP contribution in [0.2, 0.25) is 0 Å². The average Bonchev–Trinajstić information content (AvgIpc) is 2.94. The van der Waals surface area contributed by atoms with Crippen LogP contribution in [0.15, 0.2) is 12.3 Å². The summed E-state index contributed by atoms with van der Waals surface area (Å²) in [5.41, 5.74) is 2.80. The molecular formula is C21H33N3O3. The molecule has 0 unspecified atom stereocenters. The van der Waals surface area contributed by atoms with Crippen LogP contribution in [0.4, 0.5) is 0 Å². The number of hydrogen-bond donors (Lipinski definition) is 2. The fourth-order valence-corrected chi connectivity index (χ4v) is 3.06. The Morgan fingerprint density at radius 3 is 2.70 bits per heavy atom. The van der Waals surface area contributed by atoms with Gasteiger partial charge in [-0.3, -0.25) is 9.20 Å². The monoisotopic (exact) mass is 375 g/mol. The smallest absolute Gasteiger partial charge is 0.270 e. The zero-order valence-corrected chi connectivity index (χ0v) is 17.2. The first-order valence-electron chi connectivity index (χ1n) is 9.91. The highest BCUT2D eigenvalue weighted by Gasteiger charge is 2.21. The minimum Gasteiger partial charge on any atom is -0.490 e. The number of pyridine rings is 1. The van der Waals surface area contributed by atoms with Crippen molar-refractivity contribution in [3.8, 4) is 5.75 Å². The van der Waals surface area contributed by atoms with E-state index in [1.165, 1.54) is 0 Å². The third-order valence-electron chi connectivity index (χ3n) is 4.63. The Bertz CT molecular complexity index is 768. The number of aromatic nitrogens is 2. The largest absolute Gasteiger partial charge is 0.490 e. The number of imidazole rings is 1. The van der Waals surface area contributed by atoms with Gasteiger partial charge < -0.3 is 15.2 Å². The molecule has 0 aliphatic carbocycles. The molecule has 0 saturated heterocycles. The summed E-state index contributed by atoms with van der Waals surface area (Å²) >= 11 is 0. The second-order valence-electron chi connectivity index (χ2n) is 7.65. The maximum atomic E-state index is 12.9. The summed E-state index contributed by atoms with van der Waals surface area (Å²) in [6.07, 6.45) is 5.61. The molecule has 0 aliphatic rings. The van der Waals surface area contributed by atoms with Crippen molar-refractivity contribution in [1.29, 1.82) is 0 Å². The number of aliphatic hydroxyl groups excluding tert-OH is 1. The van der Waals surface area contributed by atoms with Gasteiger partial charge in [-0.1, -0.05) is 33.6 Å². The SMILES string of the molecule is CCCC[C@H](CO)NC(=O)c1c(C)nc2c(OCCC(C)C)cc(C)cn12. The van der Waals surface area contributed by atoms with Gasteiger partial charge in [-0.15, -0.1) is 0 Å². The molecule has 0 bridgehead atoms. The van der Waals surface area contributed by atoms with Crippen LogP contribution in [0.1, 0.15) is 68.2 Å². The lowest BCUT2D eigenvalue weighted by Crippen LogP contribution is -2.38. The molecule has 0 fully saturated rings. The number of unbranched alkanes of at least 4 members (excludes halogenated alkanes) is 1. The number of nitrogens with one attached hydrogen (secondary N) is 1. The maximum Gasteiger partial charge on any atom is 0.270 e. The number of hydrogen-bond acceptors (Lipinski definition) is 4. The topological polar surface area (TPSA) is 75.9 Å². The molecular weight excluding hydrogens is 342 g/mol. The average molecular weight is 376 g/mol. The van der Waals surface area contributed by atoms with Crippen LogP contribution < -0.4 is 10.1 Å². The van der Waals surface area contributed by atoms with Crippen molar-refractivity contribution >= 4 is 11.6 Å². The highest BCUT2D eigenvalue weighted by atomic mass is 16.5. The number of fused-ring (bicyclic) bond motifs is 1. The number of aliphatic hydroxyl groups is 1. The van der Waals surface area contributed by atoms with Crippen LogP contribution in [0.3, 0.4) is 0 Å². The molecule has 27 heavy (non-hydrogen) atoms. The lowest BCUT2D eigenvalue weighted by Gasteiger charge is -2.16. The van der Waals surface area contributed by atoms with Crippen LogP contribution in [0.5, 0.6) is 5.75 Å². The van der Waals surface area contributed by atoms with E-state index in [1.54, 1.807) is 4.40 Å². The van der Waals surface area contributed by atoms with Gasteiger partial charge in [0.2, 0.25) is 0 Å². The van der Waals surface area contributed by atoms with Crippen LogP contribution in [-0.2, 0) is 0 Å². The zero-order valence-electron chi connectivity index (χ0n) is 17.2. The lowest BCUT2D eigenvalue weighted by molar-refractivity contribution is 0.0905. The summed E-state index contributed by atoms with van der Waals surface area (Å²) in [4.78, 5) is 17.5. The van der Waals surface area contributed by atoms with Gasteiger partial charge in [0.15, 0.2) is 11.4 Å². The van der Waals surface area contributed by atoms with E-state index >= 15 is 0 Å². The Kier molecular flexibility index (Phi) is 7.66. The van der Waals surface area contributed by atoms with E-state index in [0.29, 0.717) is 35.3 Å². The van der Waals surface area contributed by atoms with Gasteiger partial charge in [0.1, 0.15) is 5.69 Å². The van der Waals surface area contributed by atoms with E-state index in [0.717, 1.165) is 31.2 Å². The molecule has 0 saturated carbocycles. The zero-order chi connectivity index (χ0) is 20.0. The fourth-order valence-electron chi connectivity index (χ4n) is 3.06. The number of ether oxygens (including phenoxy) is 1. The first kappa shape index (κ1) is 21.2. The Labute approximate surface area is 161 Å². The first-order chi connectivity index (χ1) is 12.9. The van der Waals surface area contributed by atoms with Crippen molar-refractivity contribution in [2.45, 2.75) is 66.3 Å². The van der Waals surface area contributed by atoms with Crippen molar-refractivity contribution in [3.05, 3.63) is 29.2 Å². The minimum absolute atomic E-state index is 0.0654. The first-order valence-corrected chi connectivity index (χ1v) is 9.91. The van der Waals surface area contributed by atoms with E-state index in [9.17, 15) is 9.90 Å². The van der Waals surface area contributed by atoms with Crippen LogP contribution in [0, 0.1) is 19.8 Å². The summed E-state index contributed by atoms with van der Waals surface area (Å²) < 4.78 is 7.76. The Morgan fingerprint density at radius 2 is 2.07 bits per heavy atom. The van der Waals surface area contributed by atoms with E-state index in [1.807, 2.05) is 26.1 Å². The highest BCUT2D eigenvalue weighted by Crippen LogP contribution is 2.24. The normalized spacial score (nSPS) is 12.6. The van der Waals surface area contributed by atoms with Gasteiger partial charge in [-0.25, -0.2) is 4.98 Å². The van der Waals surface area contributed by atoms with Gasteiger partial charge in [-0.2, -0.15) is 0 Å². The summed E-state index contributed by atoms with van der Waals surface area (Å²) in [7, 11) is 0. The summed E-state index contributed by atoms with van der Waals surface area (Å²) in [6.45, 7) is 10.8. The maximum absolute atomic E-state index is 12.9. The molecule has 1 amide bonds. The highest BCUT2D eigenvalue weighted by molar-refractivity contribution is 5.95. The van der Waals surface area contributed by atoms with Gasteiger partial charge in [-0.05, 0) is 44.2 Å². The minimum atomic E-state index is -0.242. The number of carbonyl (C=O) groups is 1. The van der Waals surface area contributed by atoms with Gasteiger partial charge in [0.25, 0.3) is 5.91 Å². The van der Waals surface area contributed by atoms with E-state index in [2.05, 4.69) is 31.1 Å². The molecule has 6 nitrogen and oxygen atoms in total. The Hall–Kier alpha value is -2.08. The predicted octanol–water partition coefficient (Wildman–Crippen LogP) is 3.66. The number of amides is 1. The van der Waals surface area contributed by atoms with Gasteiger partial charge in [0, 0.05) is 6.20 Å². The number of nitrogens with zero attached hydrogens (tertiary/aromatic N) is 2. The standard InChI is InChI=1S/C21H33N3O3/c1-6-7-8-17(13-25)23-21(26)19-16(5)22-20-18(27-10-9-14(2)3)11-15(4)12-24(19)20/h11-12,14,17,25H,6-10,13H2,1-5H3,(H,23,26)/t17-/m1/s1. The predicted molar refractivity (Wildman–Crippen MR) is 107 cm³/mol. The second-order valence-corrected chi connectivity index (χ2v) is 7.65. The van der Waals surface area contributed by atoms with Crippen molar-refractivity contribution in [1.82, 2.24) is 14.7 Å². The molecule has 6 heteroatoms. The summed E-state index contributed by atoms with van der Waals surface area (Å²) in [5, 5.41) is 12.5. The van der Waals surface area contributed by atoms with Crippen molar-refractivity contribution in [3.63, 3.8) is 0 Å². The van der Waals surface area contributed by atoms with Crippen molar-refractivity contribution in [2.75, 3.05) is 13.2 Å². The molecule has 0 radical (unpaired) electrons. The lowest BCUT2D eigenvalue weighted by atomic mass is 10.1. The Balaban J connectivity index is 2.30. The van der Waals surface area contributed by atoms with Crippen LogP contribution in [0.25, 0.3) is 5.65 Å². The van der Waals surface area contributed by atoms with E-state index < -0.39 is 0 Å². The Morgan fingerprint density at radius 1 is 1.33 bits per heavy atom. The molecule has 150 valence electrons. The van der Waals surface area contributed by atoms with Crippen LogP contribution in [-0.4, -0.2) is 39.7 Å². The molecule has 2 N–H and O–H groups in total. The van der Waals surface area contributed by atoms with Crippen molar-refractivity contribution < 1.29 is 14.6 Å². The number of carbonyl (C=O) groups excluding carboxylic acids is 1. The molecule has 2 aromatic heterocycles. The number of rotatable bonds is 10. The quantitative estimate of drug-likeness (QED) is 0.664. The van der Waals surface area contributed by atoms with Gasteiger partial charge >= 0.3 is 0 Å². The molecule has 0 aromatic carbocycles. The van der Waals surface area contributed by atoms with Crippen molar-refractivity contribution in [2.24, 2.45) is 5.92 Å². The molecule has 2 aromatic rings. The fraction of sp³-hybridized carbons (Fsp3) is 0.619. The van der Waals surface area contributed by atoms with Crippen LogP contribution >= 0.6 is 0 Å². The van der Waals surface area contributed by atoms with E-state index in [4.69, 9.17) is 4.74 Å². The third kappa shape index (κ3) is 5.45. The summed E-state index contributed by atoms with van der Waals surface area (Å²) in [6, 6.07) is 1.72. The number of aryl methyl sites for hydroxylation is 2. The summed E-state index contributed by atoms with van der Waals surface area (Å²) in [5.74, 6) is 1.04. The molecule has 0 aliphatic heterocycles. The molecule has 2 heterocycles.